The molecule has 3 atom stereocenters. The number of rotatable bonds is 3. The molecule has 1 fully saturated rings. The SMILES string of the molecule is CC(O)CC1(C)C[CH]C(C(C)C)CC1. The lowest BCUT2D eigenvalue weighted by Gasteiger charge is -2.39. The number of aliphatic hydroxyl groups is 1. The second-order valence-electron chi connectivity index (χ2n) is 5.75. The first-order chi connectivity index (χ1) is 6.43. The average molecular weight is 197 g/mol. The fraction of sp³-hybridized carbons (Fsp3) is 0.923. The van der Waals surface area contributed by atoms with E-state index in [2.05, 4.69) is 27.2 Å². The molecule has 0 heterocycles. The minimum absolute atomic E-state index is 0.149. The molecule has 0 aromatic heterocycles. The minimum atomic E-state index is -0.149. The summed E-state index contributed by atoms with van der Waals surface area (Å²) in [6, 6.07) is 0. The van der Waals surface area contributed by atoms with Crippen LogP contribution in [0.3, 0.4) is 0 Å². The summed E-state index contributed by atoms with van der Waals surface area (Å²) in [6.45, 7) is 8.82. The molecule has 0 bridgehead atoms. The maximum absolute atomic E-state index is 9.43. The zero-order valence-corrected chi connectivity index (χ0v) is 10.1. The van der Waals surface area contributed by atoms with Crippen LogP contribution in [-0.4, -0.2) is 11.2 Å². The summed E-state index contributed by atoms with van der Waals surface area (Å²) in [5.41, 5.74) is 0.361. The van der Waals surface area contributed by atoms with Gasteiger partial charge in [-0.2, -0.15) is 0 Å². The quantitative estimate of drug-likeness (QED) is 0.735. The van der Waals surface area contributed by atoms with Gasteiger partial charge < -0.3 is 5.11 Å². The van der Waals surface area contributed by atoms with Gasteiger partial charge in [0.2, 0.25) is 0 Å². The molecule has 0 saturated heterocycles. The van der Waals surface area contributed by atoms with Gasteiger partial charge in [-0.3, -0.25) is 0 Å². The third-order valence-electron chi connectivity index (χ3n) is 3.64. The molecular formula is C13H25O. The maximum atomic E-state index is 9.43. The Labute approximate surface area is 88.9 Å². The van der Waals surface area contributed by atoms with Crippen molar-refractivity contribution < 1.29 is 5.11 Å². The van der Waals surface area contributed by atoms with Gasteiger partial charge >= 0.3 is 0 Å². The van der Waals surface area contributed by atoms with Gasteiger partial charge in [0, 0.05) is 0 Å². The van der Waals surface area contributed by atoms with E-state index in [1.54, 1.807) is 0 Å². The molecular weight excluding hydrogens is 172 g/mol. The first-order valence-corrected chi connectivity index (χ1v) is 5.94. The van der Waals surface area contributed by atoms with Gasteiger partial charge in [0.05, 0.1) is 6.10 Å². The Hall–Kier alpha value is -0.0400. The van der Waals surface area contributed by atoms with Crippen molar-refractivity contribution in [2.45, 2.75) is 59.5 Å². The topological polar surface area (TPSA) is 20.2 Å². The Kier molecular flexibility index (Phi) is 4.00. The van der Waals surface area contributed by atoms with E-state index < -0.39 is 0 Å². The monoisotopic (exact) mass is 197 g/mol. The summed E-state index contributed by atoms with van der Waals surface area (Å²) in [5, 5.41) is 9.43. The summed E-state index contributed by atoms with van der Waals surface area (Å²) in [7, 11) is 0. The fourth-order valence-corrected chi connectivity index (χ4v) is 2.68. The molecule has 1 nitrogen and oxygen atoms in total. The van der Waals surface area contributed by atoms with E-state index in [1.807, 2.05) is 6.92 Å². The smallest absolute Gasteiger partial charge is 0.0517 e. The van der Waals surface area contributed by atoms with Crippen LogP contribution in [0.25, 0.3) is 0 Å². The Bertz CT molecular complexity index is 164. The molecule has 0 spiro atoms. The lowest BCUT2D eigenvalue weighted by Crippen LogP contribution is -2.29. The van der Waals surface area contributed by atoms with Crippen LogP contribution >= 0.6 is 0 Å². The first-order valence-electron chi connectivity index (χ1n) is 5.94. The molecule has 1 saturated carbocycles. The van der Waals surface area contributed by atoms with Gasteiger partial charge in [-0.1, -0.05) is 20.8 Å². The molecule has 0 aliphatic heterocycles. The molecule has 83 valence electrons. The molecule has 1 radical (unpaired) electrons. The van der Waals surface area contributed by atoms with Crippen LogP contribution in [0.2, 0.25) is 0 Å². The summed E-state index contributed by atoms with van der Waals surface area (Å²) >= 11 is 0. The fourth-order valence-electron chi connectivity index (χ4n) is 2.68. The van der Waals surface area contributed by atoms with Gasteiger partial charge in [-0.05, 0) is 56.3 Å². The number of aliphatic hydroxyl groups excluding tert-OH is 1. The standard InChI is InChI=1S/C13H25O/c1-10(2)12-5-7-13(4,8-6-12)9-11(3)14/h5,10-12,14H,6-9H2,1-4H3. The third kappa shape index (κ3) is 3.27. The normalized spacial score (nSPS) is 36.0. The van der Waals surface area contributed by atoms with Crippen LogP contribution in [0.5, 0.6) is 0 Å². The lowest BCUT2D eigenvalue weighted by molar-refractivity contribution is 0.0910. The predicted molar refractivity (Wildman–Crippen MR) is 60.9 cm³/mol. The first kappa shape index (κ1) is 12.0. The molecule has 1 heteroatoms. The maximum Gasteiger partial charge on any atom is 0.0517 e. The summed E-state index contributed by atoms with van der Waals surface area (Å²) < 4.78 is 0. The van der Waals surface area contributed by atoms with E-state index in [1.165, 1.54) is 19.3 Å². The molecule has 0 aromatic carbocycles. The zero-order chi connectivity index (χ0) is 10.8. The average Bonchev–Trinajstić information content (AvgIpc) is 2.02. The molecule has 1 aliphatic carbocycles. The van der Waals surface area contributed by atoms with Gasteiger partial charge in [0.15, 0.2) is 0 Å². The van der Waals surface area contributed by atoms with E-state index in [0.717, 1.165) is 18.3 Å². The van der Waals surface area contributed by atoms with Gasteiger partial charge in [0.25, 0.3) is 0 Å². The predicted octanol–water partition coefficient (Wildman–Crippen LogP) is 3.42. The second kappa shape index (κ2) is 4.65. The highest BCUT2D eigenvalue weighted by Gasteiger charge is 2.32. The van der Waals surface area contributed by atoms with Crippen molar-refractivity contribution in [3.63, 3.8) is 0 Å². The highest BCUT2D eigenvalue weighted by molar-refractivity contribution is 4.93. The largest absolute Gasteiger partial charge is 0.393 e. The molecule has 3 unspecified atom stereocenters. The van der Waals surface area contributed by atoms with Crippen molar-refractivity contribution in [3.05, 3.63) is 6.42 Å². The van der Waals surface area contributed by atoms with Crippen LogP contribution in [0.4, 0.5) is 0 Å². The Morgan fingerprint density at radius 3 is 2.43 bits per heavy atom. The molecule has 1 aliphatic rings. The zero-order valence-electron chi connectivity index (χ0n) is 10.1. The molecule has 0 aromatic rings. The van der Waals surface area contributed by atoms with Crippen molar-refractivity contribution >= 4 is 0 Å². The second-order valence-corrected chi connectivity index (χ2v) is 5.75. The van der Waals surface area contributed by atoms with Crippen LogP contribution in [0.1, 0.15) is 53.4 Å². The molecule has 14 heavy (non-hydrogen) atoms. The summed E-state index contributed by atoms with van der Waals surface area (Å²) in [6.07, 6.45) is 7.05. The number of hydrogen-bond acceptors (Lipinski definition) is 1. The van der Waals surface area contributed by atoms with Gasteiger partial charge in [-0.15, -0.1) is 0 Å². The van der Waals surface area contributed by atoms with E-state index >= 15 is 0 Å². The van der Waals surface area contributed by atoms with Crippen LogP contribution in [0, 0.1) is 23.7 Å². The van der Waals surface area contributed by atoms with Crippen molar-refractivity contribution in [1.29, 1.82) is 0 Å². The van der Waals surface area contributed by atoms with E-state index in [9.17, 15) is 5.11 Å². The summed E-state index contributed by atoms with van der Waals surface area (Å²) in [5.74, 6) is 1.59. The Morgan fingerprint density at radius 1 is 1.43 bits per heavy atom. The highest BCUT2D eigenvalue weighted by atomic mass is 16.3. The van der Waals surface area contributed by atoms with Crippen LogP contribution in [-0.2, 0) is 0 Å². The van der Waals surface area contributed by atoms with Crippen LogP contribution in [0.15, 0.2) is 0 Å². The van der Waals surface area contributed by atoms with Gasteiger partial charge in [-0.25, -0.2) is 0 Å². The third-order valence-corrected chi connectivity index (χ3v) is 3.64. The van der Waals surface area contributed by atoms with Crippen molar-refractivity contribution in [2.24, 2.45) is 17.3 Å². The molecule has 1 rings (SSSR count). The number of hydrogen-bond donors (Lipinski definition) is 1. The summed E-state index contributed by atoms with van der Waals surface area (Å²) in [4.78, 5) is 0. The Morgan fingerprint density at radius 2 is 2.07 bits per heavy atom. The minimum Gasteiger partial charge on any atom is -0.393 e. The van der Waals surface area contributed by atoms with Crippen LogP contribution < -0.4 is 0 Å². The Balaban J connectivity index is 2.41. The van der Waals surface area contributed by atoms with Gasteiger partial charge in [0.1, 0.15) is 0 Å². The van der Waals surface area contributed by atoms with E-state index in [0.29, 0.717) is 5.41 Å². The van der Waals surface area contributed by atoms with Crippen molar-refractivity contribution in [1.82, 2.24) is 0 Å². The van der Waals surface area contributed by atoms with Crippen molar-refractivity contribution in [3.8, 4) is 0 Å². The molecule has 1 N–H and O–H groups in total. The van der Waals surface area contributed by atoms with E-state index in [4.69, 9.17) is 0 Å². The van der Waals surface area contributed by atoms with Crippen molar-refractivity contribution in [2.75, 3.05) is 0 Å². The van der Waals surface area contributed by atoms with E-state index in [-0.39, 0.29) is 6.10 Å². The lowest BCUT2D eigenvalue weighted by atomic mass is 9.67. The molecule has 0 amide bonds. The highest BCUT2D eigenvalue weighted by Crippen LogP contribution is 2.43.